The van der Waals surface area contributed by atoms with Crippen LogP contribution in [0.25, 0.3) is 0 Å². The Morgan fingerprint density at radius 3 is 2.50 bits per heavy atom. The molecule has 0 bridgehead atoms. The van der Waals surface area contributed by atoms with E-state index in [1.54, 1.807) is 18.3 Å². The van der Waals surface area contributed by atoms with Gasteiger partial charge in [-0.3, -0.25) is 4.98 Å². The second kappa shape index (κ2) is 3.98. The van der Waals surface area contributed by atoms with Crippen molar-refractivity contribution in [1.82, 2.24) is 4.98 Å². The molecule has 1 aromatic rings. The molecule has 2 atom stereocenters. The maximum atomic E-state index is 9.36. The minimum atomic E-state index is -0.905. The molecule has 1 heterocycles. The van der Waals surface area contributed by atoms with Gasteiger partial charge in [0, 0.05) is 10.7 Å². The molecule has 0 saturated carbocycles. The van der Waals surface area contributed by atoms with Crippen LogP contribution in [0.4, 0.5) is 0 Å². The number of aliphatic hydroxyl groups excluding tert-OH is 2. The zero-order valence-electron chi connectivity index (χ0n) is 6.61. The van der Waals surface area contributed by atoms with E-state index in [0.29, 0.717) is 5.69 Å². The van der Waals surface area contributed by atoms with Crippen molar-refractivity contribution in [3.63, 3.8) is 0 Å². The first-order chi connectivity index (χ1) is 5.61. The lowest BCUT2D eigenvalue weighted by atomic mass is 10.1. The van der Waals surface area contributed by atoms with Crippen LogP contribution < -0.4 is 0 Å². The van der Waals surface area contributed by atoms with Gasteiger partial charge in [-0.25, -0.2) is 0 Å². The SMILES string of the molecule is C[C@@H](O)C(O)c1ccc(Br)cn1. The molecular formula is C8H10BrNO2. The highest BCUT2D eigenvalue weighted by Crippen LogP contribution is 2.16. The van der Waals surface area contributed by atoms with E-state index >= 15 is 0 Å². The predicted molar refractivity (Wildman–Crippen MR) is 48.6 cm³/mol. The molecule has 1 aromatic heterocycles. The topological polar surface area (TPSA) is 53.4 Å². The van der Waals surface area contributed by atoms with Gasteiger partial charge in [0.05, 0.1) is 11.8 Å². The lowest BCUT2D eigenvalue weighted by Crippen LogP contribution is -2.14. The number of nitrogens with zero attached hydrogens (tertiary/aromatic N) is 1. The lowest BCUT2D eigenvalue weighted by molar-refractivity contribution is 0.0278. The molecule has 1 unspecified atom stereocenters. The van der Waals surface area contributed by atoms with Gasteiger partial charge in [0.2, 0.25) is 0 Å². The van der Waals surface area contributed by atoms with Crippen LogP contribution in [0.2, 0.25) is 0 Å². The summed E-state index contributed by atoms with van der Waals surface area (Å²) in [4.78, 5) is 3.94. The van der Waals surface area contributed by atoms with Crippen LogP contribution in [0.3, 0.4) is 0 Å². The van der Waals surface area contributed by atoms with E-state index in [-0.39, 0.29) is 0 Å². The molecule has 12 heavy (non-hydrogen) atoms. The van der Waals surface area contributed by atoms with Crippen LogP contribution in [0.1, 0.15) is 18.7 Å². The summed E-state index contributed by atoms with van der Waals surface area (Å²) < 4.78 is 0.851. The summed E-state index contributed by atoms with van der Waals surface area (Å²) in [5.41, 5.74) is 0.480. The van der Waals surface area contributed by atoms with Crippen molar-refractivity contribution in [1.29, 1.82) is 0 Å². The van der Waals surface area contributed by atoms with E-state index in [4.69, 9.17) is 5.11 Å². The molecule has 0 fully saturated rings. The molecule has 1 rings (SSSR count). The third-order valence-electron chi connectivity index (χ3n) is 1.51. The minimum absolute atomic E-state index is 0.480. The highest BCUT2D eigenvalue weighted by atomic mass is 79.9. The highest BCUT2D eigenvalue weighted by molar-refractivity contribution is 9.10. The first-order valence-corrected chi connectivity index (χ1v) is 4.38. The van der Waals surface area contributed by atoms with Gasteiger partial charge in [0.25, 0.3) is 0 Å². The van der Waals surface area contributed by atoms with Gasteiger partial charge >= 0.3 is 0 Å². The van der Waals surface area contributed by atoms with E-state index in [1.807, 2.05) is 0 Å². The van der Waals surface area contributed by atoms with Crippen molar-refractivity contribution < 1.29 is 10.2 Å². The third kappa shape index (κ3) is 2.27. The van der Waals surface area contributed by atoms with Crippen LogP contribution in [0.15, 0.2) is 22.8 Å². The summed E-state index contributed by atoms with van der Waals surface area (Å²) in [5, 5.41) is 18.4. The quantitative estimate of drug-likeness (QED) is 0.806. The number of hydrogen-bond donors (Lipinski definition) is 2. The minimum Gasteiger partial charge on any atom is -0.390 e. The Bertz CT molecular complexity index is 248. The fourth-order valence-corrected chi connectivity index (χ4v) is 1.04. The first kappa shape index (κ1) is 9.64. The predicted octanol–water partition coefficient (Wildman–Crippen LogP) is 1.26. The van der Waals surface area contributed by atoms with Gasteiger partial charge in [-0.05, 0) is 35.0 Å². The number of halogens is 1. The first-order valence-electron chi connectivity index (χ1n) is 3.59. The molecule has 2 N–H and O–H groups in total. The molecule has 0 amide bonds. The zero-order valence-corrected chi connectivity index (χ0v) is 8.19. The van der Waals surface area contributed by atoms with E-state index in [1.165, 1.54) is 6.92 Å². The summed E-state index contributed by atoms with van der Waals surface area (Å²) in [6, 6.07) is 3.44. The van der Waals surface area contributed by atoms with Gasteiger partial charge in [-0.15, -0.1) is 0 Å². The molecule has 0 radical (unpaired) electrons. The third-order valence-corrected chi connectivity index (χ3v) is 1.98. The molecule has 0 spiro atoms. The van der Waals surface area contributed by atoms with Crippen LogP contribution in [0, 0.1) is 0 Å². The second-order valence-electron chi connectivity index (χ2n) is 2.59. The van der Waals surface area contributed by atoms with Crippen LogP contribution >= 0.6 is 15.9 Å². The Hall–Kier alpha value is -0.450. The molecule has 0 aromatic carbocycles. The van der Waals surface area contributed by atoms with Crippen LogP contribution in [0.5, 0.6) is 0 Å². The summed E-state index contributed by atoms with van der Waals surface area (Å²) in [7, 11) is 0. The summed E-state index contributed by atoms with van der Waals surface area (Å²) in [6.45, 7) is 1.52. The van der Waals surface area contributed by atoms with Crippen molar-refractivity contribution in [2.45, 2.75) is 19.1 Å². The van der Waals surface area contributed by atoms with Gasteiger partial charge in [-0.2, -0.15) is 0 Å². The van der Waals surface area contributed by atoms with Gasteiger partial charge < -0.3 is 10.2 Å². The largest absolute Gasteiger partial charge is 0.390 e. The monoisotopic (exact) mass is 231 g/mol. The van der Waals surface area contributed by atoms with Crippen molar-refractivity contribution in [2.75, 3.05) is 0 Å². The molecule has 3 nitrogen and oxygen atoms in total. The molecule has 0 saturated heterocycles. The lowest BCUT2D eigenvalue weighted by Gasteiger charge is -2.12. The number of aromatic nitrogens is 1. The van der Waals surface area contributed by atoms with Gasteiger partial charge in [0.1, 0.15) is 6.10 Å². The molecule has 0 aliphatic carbocycles. The average molecular weight is 232 g/mol. The van der Waals surface area contributed by atoms with Crippen LogP contribution in [-0.2, 0) is 0 Å². The van der Waals surface area contributed by atoms with Crippen molar-refractivity contribution in [2.24, 2.45) is 0 Å². The summed E-state index contributed by atoms with van der Waals surface area (Å²) in [6.07, 6.45) is -0.113. The Balaban J connectivity index is 2.82. The average Bonchev–Trinajstić information content (AvgIpc) is 2.04. The van der Waals surface area contributed by atoms with E-state index < -0.39 is 12.2 Å². The van der Waals surface area contributed by atoms with Crippen LogP contribution in [-0.4, -0.2) is 21.3 Å². The van der Waals surface area contributed by atoms with Gasteiger partial charge in [-0.1, -0.05) is 0 Å². The Morgan fingerprint density at radius 1 is 1.42 bits per heavy atom. The fourth-order valence-electron chi connectivity index (χ4n) is 0.809. The highest BCUT2D eigenvalue weighted by Gasteiger charge is 2.13. The van der Waals surface area contributed by atoms with Crippen molar-refractivity contribution in [3.8, 4) is 0 Å². The van der Waals surface area contributed by atoms with E-state index in [2.05, 4.69) is 20.9 Å². The fraction of sp³-hybridized carbons (Fsp3) is 0.375. The number of rotatable bonds is 2. The van der Waals surface area contributed by atoms with E-state index in [9.17, 15) is 5.11 Å². The smallest absolute Gasteiger partial charge is 0.121 e. The number of pyridine rings is 1. The molecule has 0 aliphatic rings. The summed E-state index contributed by atoms with van der Waals surface area (Å²) in [5.74, 6) is 0. The Kier molecular flexibility index (Phi) is 3.20. The standard InChI is InChI=1S/C8H10BrNO2/c1-5(11)8(12)7-3-2-6(9)4-10-7/h2-5,8,11-12H,1H3/t5-,8?/m1/s1. The number of aliphatic hydroxyl groups is 2. The molecule has 66 valence electrons. The number of hydrogen-bond acceptors (Lipinski definition) is 3. The summed E-state index contributed by atoms with van der Waals surface area (Å²) >= 11 is 3.22. The Labute approximate surface area is 79.2 Å². The molecule has 4 heteroatoms. The van der Waals surface area contributed by atoms with Crippen molar-refractivity contribution >= 4 is 15.9 Å². The van der Waals surface area contributed by atoms with Crippen molar-refractivity contribution in [3.05, 3.63) is 28.5 Å². The normalized spacial score (nSPS) is 15.7. The van der Waals surface area contributed by atoms with Gasteiger partial charge in [0.15, 0.2) is 0 Å². The second-order valence-corrected chi connectivity index (χ2v) is 3.50. The molecular weight excluding hydrogens is 222 g/mol. The zero-order chi connectivity index (χ0) is 9.14. The maximum Gasteiger partial charge on any atom is 0.121 e. The molecule has 0 aliphatic heterocycles. The van der Waals surface area contributed by atoms with E-state index in [0.717, 1.165) is 4.47 Å². The Morgan fingerprint density at radius 2 is 2.08 bits per heavy atom. The maximum absolute atomic E-state index is 9.36.